The quantitative estimate of drug-likeness (QED) is 0.624. The zero-order chi connectivity index (χ0) is 15.5. The largest absolute Gasteiger partial charge is 0.255 e. The smallest absolute Gasteiger partial charge is 0.222 e. The van der Waals surface area contributed by atoms with Crippen LogP contribution in [-0.4, -0.2) is 35.6 Å². The minimum Gasteiger partial charge on any atom is -0.255 e. The van der Waals surface area contributed by atoms with E-state index in [0.717, 1.165) is 22.8 Å². The number of aromatic nitrogens is 7. The number of hydrogen-bond acceptors (Lipinski definition) is 6. The Balaban J connectivity index is 1.75. The van der Waals surface area contributed by atoms with Gasteiger partial charge in [-0.2, -0.15) is 5.21 Å². The van der Waals surface area contributed by atoms with E-state index in [9.17, 15) is 0 Å². The summed E-state index contributed by atoms with van der Waals surface area (Å²) in [4.78, 5) is 13.5. The van der Waals surface area contributed by atoms with Crippen molar-refractivity contribution in [2.45, 2.75) is 0 Å². The average molecular weight is 301 g/mol. The first kappa shape index (κ1) is 13.2. The molecule has 1 N–H and O–H groups in total. The van der Waals surface area contributed by atoms with E-state index in [1.165, 1.54) is 0 Å². The van der Waals surface area contributed by atoms with Gasteiger partial charge in [-0.05, 0) is 41.6 Å². The van der Waals surface area contributed by atoms with Gasteiger partial charge in [0.25, 0.3) is 0 Å². The number of tetrazole rings is 1. The highest BCUT2D eigenvalue weighted by Crippen LogP contribution is 2.21. The Bertz CT molecular complexity index is 920. The first-order chi connectivity index (χ1) is 11.4. The number of rotatable bonds is 3. The molecular weight excluding hydrogens is 290 g/mol. The van der Waals surface area contributed by atoms with Crippen molar-refractivity contribution in [2.24, 2.45) is 0 Å². The Morgan fingerprint density at radius 3 is 1.96 bits per heavy atom. The summed E-state index contributed by atoms with van der Waals surface area (Å²) in [7, 11) is 0. The van der Waals surface area contributed by atoms with Crippen LogP contribution in [0.2, 0.25) is 0 Å². The molecule has 0 spiro atoms. The van der Waals surface area contributed by atoms with E-state index in [2.05, 4.69) is 35.6 Å². The fraction of sp³-hybridized carbons (Fsp3) is 0. The third-order valence-electron chi connectivity index (χ3n) is 3.26. The SMILES string of the molecule is c1ccc(-c2cccc(-c3cccc(-c4nn[nH]n4)n3)n2)nc1. The van der Waals surface area contributed by atoms with Gasteiger partial charge in [-0.1, -0.05) is 18.2 Å². The van der Waals surface area contributed by atoms with Crippen LogP contribution in [0.3, 0.4) is 0 Å². The van der Waals surface area contributed by atoms with E-state index in [4.69, 9.17) is 0 Å². The summed E-state index contributed by atoms with van der Waals surface area (Å²) in [5.41, 5.74) is 3.77. The van der Waals surface area contributed by atoms with Crippen molar-refractivity contribution in [2.75, 3.05) is 0 Å². The molecule has 4 aromatic rings. The second kappa shape index (κ2) is 5.72. The van der Waals surface area contributed by atoms with E-state index in [-0.39, 0.29) is 0 Å². The number of pyridine rings is 3. The third kappa shape index (κ3) is 2.67. The molecule has 0 aliphatic rings. The van der Waals surface area contributed by atoms with E-state index in [0.29, 0.717) is 11.5 Å². The number of nitrogens with zero attached hydrogens (tertiary/aromatic N) is 6. The van der Waals surface area contributed by atoms with E-state index in [1.54, 1.807) is 6.20 Å². The van der Waals surface area contributed by atoms with Gasteiger partial charge < -0.3 is 0 Å². The molecule has 110 valence electrons. The molecule has 0 saturated heterocycles. The molecule has 0 bridgehead atoms. The summed E-state index contributed by atoms with van der Waals surface area (Å²) < 4.78 is 0. The average Bonchev–Trinajstić information content (AvgIpc) is 3.18. The van der Waals surface area contributed by atoms with Crippen LogP contribution in [0.1, 0.15) is 0 Å². The lowest BCUT2D eigenvalue weighted by Gasteiger charge is -2.04. The molecule has 0 aromatic carbocycles. The number of H-pyrrole nitrogens is 1. The van der Waals surface area contributed by atoms with Gasteiger partial charge in [0.2, 0.25) is 5.82 Å². The minimum atomic E-state index is 0.452. The van der Waals surface area contributed by atoms with Gasteiger partial charge in [-0.3, -0.25) is 4.98 Å². The summed E-state index contributed by atoms with van der Waals surface area (Å²) in [6.07, 6.45) is 1.75. The standard InChI is InChI=1S/C16H11N7/c1-2-10-17-11(5-1)12-6-3-7-13(18-12)14-8-4-9-15(19-14)16-20-22-23-21-16/h1-10H,(H,20,21,22,23). The van der Waals surface area contributed by atoms with E-state index in [1.807, 2.05) is 54.6 Å². The Kier molecular flexibility index (Phi) is 3.28. The highest BCUT2D eigenvalue weighted by molar-refractivity contribution is 5.63. The molecule has 0 fully saturated rings. The van der Waals surface area contributed by atoms with Crippen LogP contribution in [0.25, 0.3) is 34.3 Å². The Hall–Kier alpha value is -3.48. The van der Waals surface area contributed by atoms with Crippen molar-refractivity contribution >= 4 is 0 Å². The van der Waals surface area contributed by atoms with Crippen molar-refractivity contribution < 1.29 is 0 Å². The highest BCUT2D eigenvalue weighted by Gasteiger charge is 2.09. The zero-order valence-corrected chi connectivity index (χ0v) is 12.0. The van der Waals surface area contributed by atoms with Crippen LogP contribution in [0.5, 0.6) is 0 Å². The van der Waals surface area contributed by atoms with Crippen LogP contribution >= 0.6 is 0 Å². The lowest BCUT2D eigenvalue weighted by atomic mass is 10.2. The van der Waals surface area contributed by atoms with E-state index >= 15 is 0 Å². The molecule has 4 heterocycles. The fourth-order valence-corrected chi connectivity index (χ4v) is 2.21. The van der Waals surface area contributed by atoms with Crippen molar-refractivity contribution in [1.82, 2.24) is 35.6 Å². The molecule has 4 rings (SSSR count). The molecule has 0 radical (unpaired) electrons. The third-order valence-corrected chi connectivity index (χ3v) is 3.26. The van der Waals surface area contributed by atoms with Crippen LogP contribution in [0, 0.1) is 0 Å². The maximum Gasteiger partial charge on any atom is 0.222 e. The first-order valence-electron chi connectivity index (χ1n) is 7.00. The Morgan fingerprint density at radius 1 is 0.652 bits per heavy atom. The monoisotopic (exact) mass is 301 g/mol. The molecule has 4 aromatic heterocycles. The fourth-order valence-electron chi connectivity index (χ4n) is 2.21. The molecule has 0 aliphatic carbocycles. The summed E-state index contributed by atoms with van der Waals surface area (Å²) in [5, 5.41) is 13.9. The van der Waals surface area contributed by atoms with Crippen LogP contribution in [-0.2, 0) is 0 Å². The summed E-state index contributed by atoms with van der Waals surface area (Å²) >= 11 is 0. The summed E-state index contributed by atoms with van der Waals surface area (Å²) in [6, 6.07) is 17.1. The van der Waals surface area contributed by atoms with Gasteiger partial charge in [0.1, 0.15) is 5.69 Å². The molecule has 0 saturated carbocycles. The molecule has 0 aliphatic heterocycles. The highest BCUT2D eigenvalue weighted by atomic mass is 15.5. The van der Waals surface area contributed by atoms with Crippen molar-refractivity contribution in [3.63, 3.8) is 0 Å². The van der Waals surface area contributed by atoms with Crippen LogP contribution < -0.4 is 0 Å². The van der Waals surface area contributed by atoms with Crippen LogP contribution in [0.15, 0.2) is 60.8 Å². The number of hydrogen-bond donors (Lipinski definition) is 1. The predicted molar refractivity (Wildman–Crippen MR) is 83.9 cm³/mol. The second-order valence-electron chi connectivity index (χ2n) is 4.77. The number of nitrogens with one attached hydrogen (secondary N) is 1. The molecule has 7 nitrogen and oxygen atoms in total. The maximum absolute atomic E-state index is 4.65. The van der Waals surface area contributed by atoms with Crippen molar-refractivity contribution in [1.29, 1.82) is 0 Å². The molecule has 0 amide bonds. The normalized spacial score (nSPS) is 10.6. The molecule has 23 heavy (non-hydrogen) atoms. The zero-order valence-electron chi connectivity index (χ0n) is 12.0. The predicted octanol–water partition coefficient (Wildman–Crippen LogP) is 2.39. The second-order valence-corrected chi connectivity index (χ2v) is 4.77. The lowest BCUT2D eigenvalue weighted by Crippen LogP contribution is -1.93. The van der Waals surface area contributed by atoms with Gasteiger partial charge in [-0.25, -0.2) is 9.97 Å². The van der Waals surface area contributed by atoms with Crippen LogP contribution in [0.4, 0.5) is 0 Å². The van der Waals surface area contributed by atoms with Gasteiger partial charge in [0.15, 0.2) is 0 Å². The lowest BCUT2D eigenvalue weighted by molar-refractivity contribution is 0.881. The number of aromatic amines is 1. The Morgan fingerprint density at radius 2 is 1.30 bits per heavy atom. The Labute approximate surface area is 131 Å². The van der Waals surface area contributed by atoms with Gasteiger partial charge in [0.05, 0.1) is 22.8 Å². The minimum absolute atomic E-state index is 0.452. The van der Waals surface area contributed by atoms with Gasteiger partial charge in [0, 0.05) is 6.20 Å². The van der Waals surface area contributed by atoms with Crippen molar-refractivity contribution in [3.05, 3.63) is 60.8 Å². The summed E-state index contributed by atoms with van der Waals surface area (Å²) in [5.74, 6) is 0.452. The topological polar surface area (TPSA) is 93.1 Å². The molecule has 0 atom stereocenters. The van der Waals surface area contributed by atoms with E-state index < -0.39 is 0 Å². The molecule has 7 heteroatoms. The molecule has 0 unspecified atom stereocenters. The maximum atomic E-state index is 4.65. The van der Waals surface area contributed by atoms with Gasteiger partial charge in [-0.15, -0.1) is 10.2 Å². The summed E-state index contributed by atoms with van der Waals surface area (Å²) in [6.45, 7) is 0. The van der Waals surface area contributed by atoms with Gasteiger partial charge >= 0.3 is 0 Å². The molecular formula is C16H11N7. The first-order valence-corrected chi connectivity index (χ1v) is 7.00. The van der Waals surface area contributed by atoms with Crippen molar-refractivity contribution in [3.8, 4) is 34.3 Å².